The lowest BCUT2D eigenvalue weighted by atomic mass is 9.97. The maximum Gasteiger partial charge on any atom is 0.261 e. The van der Waals surface area contributed by atoms with Crippen molar-refractivity contribution in [3.63, 3.8) is 0 Å². The molecule has 1 N–H and O–H groups in total. The van der Waals surface area contributed by atoms with E-state index in [4.69, 9.17) is 4.74 Å². The van der Waals surface area contributed by atoms with Crippen LogP contribution in [0, 0.1) is 20.8 Å². The van der Waals surface area contributed by atoms with Gasteiger partial charge < -0.3 is 10.1 Å². The zero-order chi connectivity index (χ0) is 17.7. The normalized spacial score (nSPS) is 13.2. The molecule has 2 aromatic rings. The molecule has 0 aliphatic carbocycles. The van der Waals surface area contributed by atoms with Gasteiger partial charge in [0.05, 0.1) is 6.04 Å². The van der Waals surface area contributed by atoms with E-state index in [1.165, 1.54) is 16.7 Å². The third kappa shape index (κ3) is 4.38. The fourth-order valence-corrected chi connectivity index (χ4v) is 2.84. The minimum Gasteiger partial charge on any atom is -0.481 e. The SMILES string of the molecule is CC[C@@H](NC(=O)[C@H](C)Oc1ccccc1C)c1ccc(C)cc1C. The van der Waals surface area contributed by atoms with Gasteiger partial charge in [-0.3, -0.25) is 4.79 Å². The van der Waals surface area contributed by atoms with Gasteiger partial charge in [0.2, 0.25) is 0 Å². The predicted molar refractivity (Wildman–Crippen MR) is 98.4 cm³/mol. The van der Waals surface area contributed by atoms with Gasteiger partial charge in [-0.1, -0.05) is 48.9 Å². The first-order chi connectivity index (χ1) is 11.4. The number of nitrogens with one attached hydrogen (secondary N) is 1. The highest BCUT2D eigenvalue weighted by Crippen LogP contribution is 2.23. The average Bonchev–Trinajstić information content (AvgIpc) is 2.55. The van der Waals surface area contributed by atoms with Crippen molar-refractivity contribution in [2.24, 2.45) is 0 Å². The predicted octanol–water partition coefficient (Wildman–Crippen LogP) is 4.65. The summed E-state index contributed by atoms with van der Waals surface area (Å²) >= 11 is 0. The Bertz CT molecular complexity index is 709. The molecule has 3 nitrogen and oxygen atoms in total. The summed E-state index contributed by atoms with van der Waals surface area (Å²) in [5.74, 6) is 0.657. The molecule has 0 unspecified atom stereocenters. The van der Waals surface area contributed by atoms with Crippen LogP contribution < -0.4 is 10.1 Å². The van der Waals surface area contributed by atoms with Crippen molar-refractivity contribution in [2.45, 2.75) is 53.2 Å². The number of ether oxygens (including phenoxy) is 1. The van der Waals surface area contributed by atoms with Crippen LogP contribution in [0.25, 0.3) is 0 Å². The van der Waals surface area contributed by atoms with Gasteiger partial charge in [-0.25, -0.2) is 0 Å². The van der Waals surface area contributed by atoms with Crippen molar-refractivity contribution in [2.75, 3.05) is 0 Å². The topological polar surface area (TPSA) is 38.3 Å². The van der Waals surface area contributed by atoms with Crippen molar-refractivity contribution in [3.8, 4) is 5.75 Å². The molecule has 0 aliphatic heterocycles. The maximum absolute atomic E-state index is 12.5. The van der Waals surface area contributed by atoms with Crippen LogP contribution in [0.15, 0.2) is 42.5 Å². The largest absolute Gasteiger partial charge is 0.481 e. The summed E-state index contributed by atoms with van der Waals surface area (Å²) in [4.78, 5) is 12.5. The van der Waals surface area contributed by atoms with E-state index in [9.17, 15) is 4.79 Å². The number of carbonyl (C=O) groups excluding carboxylic acids is 1. The van der Waals surface area contributed by atoms with Gasteiger partial charge in [0.15, 0.2) is 6.10 Å². The van der Waals surface area contributed by atoms with E-state index in [0.717, 1.165) is 17.7 Å². The zero-order valence-electron chi connectivity index (χ0n) is 15.2. The molecule has 0 aliphatic rings. The second-order valence-electron chi connectivity index (χ2n) is 6.36. The lowest BCUT2D eigenvalue weighted by Crippen LogP contribution is -2.38. The molecular formula is C21H27NO2. The quantitative estimate of drug-likeness (QED) is 0.840. The number of hydrogen-bond donors (Lipinski definition) is 1. The molecule has 0 radical (unpaired) electrons. The first-order valence-corrected chi connectivity index (χ1v) is 8.52. The van der Waals surface area contributed by atoms with Crippen LogP contribution in [0.3, 0.4) is 0 Å². The molecule has 24 heavy (non-hydrogen) atoms. The van der Waals surface area contributed by atoms with E-state index >= 15 is 0 Å². The molecule has 0 fully saturated rings. The number of carbonyl (C=O) groups is 1. The minimum atomic E-state index is -0.536. The molecule has 0 saturated heterocycles. The summed E-state index contributed by atoms with van der Waals surface area (Å²) in [7, 11) is 0. The Kier molecular flexibility index (Phi) is 6.02. The summed E-state index contributed by atoms with van der Waals surface area (Å²) in [6, 6.07) is 14.1. The van der Waals surface area contributed by atoms with E-state index < -0.39 is 6.10 Å². The van der Waals surface area contributed by atoms with Crippen LogP contribution >= 0.6 is 0 Å². The first-order valence-electron chi connectivity index (χ1n) is 8.52. The fraction of sp³-hybridized carbons (Fsp3) is 0.381. The van der Waals surface area contributed by atoms with Gasteiger partial charge in [0.1, 0.15) is 5.75 Å². The van der Waals surface area contributed by atoms with Gasteiger partial charge in [-0.05, 0) is 56.9 Å². The van der Waals surface area contributed by atoms with Crippen molar-refractivity contribution in [1.82, 2.24) is 5.32 Å². The number of rotatable bonds is 6. The molecule has 2 aromatic carbocycles. The van der Waals surface area contributed by atoms with E-state index in [2.05, 4.69) is 44.3 Å². The van der Waals surface area contributed by atoms with E-state index in [-0.39, 0.29) is 11.9 Å². The molecule has 128 valence electrons. The summed E-state index contributed by atoms with van der Waals surface area (Å²) in [5.41, 5.74) is 4.63. The lowest BCUT2D eigenvalue weighted by Gasteiger charge is -2.23. The smallest absolute Gasteiger partial charge is 0.261 e. The minimum absolute atomic E-state index is 0.000945. The van der Waals surface area contributed by atoms with Gasteiger partial charge >= 0.3 is 0 Å². The Morgan fingerprint density at radius 3 is 2.42 bits per heavy atom. The monoisotopic (exact) mass is 325 g/mol. The Morgan fingerprint density at radius 1 is 1.08 bits per heavy atom. The van der Waals surface area contributed by atoms with Gasteiger partial charge in [0.25, 0.3) is 5.91 Å². The highest BCUT2D eigenvalue weighted by Gasteiger charge is 2.20. The Hall–Kier alpha value is -2.29. The molecule has 0 saturated carbocycles. The van der Waals surface area contributed by atoms with E-state index in [1.54, 1.807) is 6.92 Å². The summed E-state index contributed by atoms with van der Waals surface area (Å²) in [6.45, 7) is 10.0. The number of amides is 1. The molecule has 0 bridgehead atoms. The van der Waals surface area contributed by atoms with Crippen molar-refractivity contribution < 1.29 is 9.53 Å². The first kappa shape index (κ1) is 18.1. The molecule has 0 aromatic heterocycles. The summed E-state index contributed by atoms with van der Waals surface area (Å²) in [6.07, 6.45) is 0.304. The molecule has 3 heteroatoms. The van der Waals surface area contributed by atoms with E-state index in [1.807, 2.05) is 31.2 Å². The number of aryl methyl sites for hydroxylation is 3. The van der Waals surface area contributed by atoms with Crippen LogP contribution in [-0.2, 0) is 4.79 Å². The third-order valence-corrected chi connectivity index (χ3v) is 4.29. The Balaban J connectivity index is 2.07. The van der Waals surface area contributed by atoms with Gasteiger partial charge in [-0.15, -0.1) is 0 Å². The molecule has 1 amide bonds. The number of para-hydroxylation sites is 1. The van der Waals surface area contributed by atoms with Gasteiger partial charge in [0, 0.05) is 0 Å². The van der Waals surface area contributed by atoms with Gasteiger partial charge in [-0.2, -0.15) is 0 Å². The van der Waals surface area contributed by atoms with Crippen LogP contribution in [0.5, 0.6) is 5.75 Å². The highest BCUT2D eigenvalue weighted by molar-refractivity contribution is 5.81. The van der Waals surface area contributed by atoms with Crippen LogP contribution in [0.1, 0.15) is 48.6 Å². The number of benzene rings is 2. The highest BCUT2D eigenvalue weighted by atomic mass is 16.5. The lowest BCUT2D eigenvalue weighted by molar-refractivity contribution is -0.128. The average molecular weight is 325 g/mol. The second-order valence-corrected chi connectivity index (χ2v) is 6.36. The molecular weight excluding hydrogens is 298 g/mol. The van der Waals surface area contributed by atoms with Crippen molar-refractivity contribution >= 4 is 5.91 Å². The fourth-order valence-electron chi connectivity index (χ4n) is 2.84. The second kappa shape index (κ2) is 8.00. The standard InChI is InChI=1S/C21H27NO2/c1-6-19(18-12-11-14(2)13-16(18)4)22-21(23)17(5)24-20-10-8-7-9-15(20)3/h7-13,17,19H,6H2,1-5H3,(H,22,23)/t17-,19+/m0/s1. The Morgan fingerprint density at radius 2 is 1.79 bits per heavy atom. The Labute approximate surface area is 145 Å². The molecule has 2 rings (SSSR count). The zero-order valence-corrected chi connectivity index (χ0v) is 15.2. The van der Waals surface area contributed by atoms with Crippen molar-refractivity contribution in [3.05, 3.63) is 64.7 Å². The third-order valence-electron chi connectivity index (χ3n) is 4.29. The molecule has 0 spiro atoms. The van der Waals surface area contributed by atoms with Crippen molar-refractivity contribution in [1.29, 1.82) is 0 Å². The molecule has 2 atom stereocenters. The maximum atomic E-state index is 12.5. The van der Waals surface area contributed by atoms with Crippen LogP contribution in [0.4, 0.5) is 0 Å². The molecule has 0 heterocycles. The van der Waals surface area contributed by atoms with Crippen LogP contribution in [0.2, 0.25) is 0 Å². The van der Waals surface area contributed by atoms with Crippen LogP contribution in [-0.4, -0.2) is 12.0 Å². The van der Waals surface area contributed by atoms with E-state index in [0.29, 0.717) is 0 Å². The summed E-state index contributed by atoms with van der Waals surface area (Å²) < 4.78 is 5.83. The summed E-state index contributed by atoms with van der Waals surface area (Å²) in [5, 5.41) is 3.12. The number of hydrogen-bond acceptors (Lipinski definition) is 2.